The summed E-state index contributed by atoms with van der Waals surface area (Å²) in [5, 5.41) is -0.439. The van der Waals surface area contributed by atoms with Crippen LogP contribution in [0.1, 0.15) is 71.9 Å². The maximum atomic E-state index is 13.1. The summed E-state index contributed by atoms with van der Waals surface area (Å²) in [6.45, 7) is 6.18. The fourth-order valence-electron chi connectivity index (χ4n) is 3.17. The summed E-state index contributed by atoms with van der Waals surface area (Å²) in [6.07, 6.45) is -1.82. The highest BCUT2D eigenvalue weighted by atomic mass is 35.5. The number of ether oxygens (including phenoxy) is 1. The summed E-state index contributed by atoms with van der Waals surface area (Å²) >= 11 is 5.64. The first-order chi connectivity index (χ1) is 14.7. The number of hydrogen-bond donors (Lipinski definition) is 0. The van der Waals surface area contributed by atoms with Gasteiger partial charge in [-0.2, -0.15) is 13.2 Å². The zero-order chi connectivity index (χ0) is 23.2. The normalized spacial score (nSPS) is 13.1. The summed E-state index contributed by atoms with van der Waals surface area (Å²) in [6, 6.07) is 8.07. The van der Waals surface area contributed by atoms with E-state index < -0.39 is 28.6 Å². The number of rotatable bonds is 7. The number of carbonyl (C=O) groups is 2. The number of nitrogens with zero attached hydrogens (tertiary/aromatic N) is 1. The zero-order valence-corrected chi connectivity index (χ0v) is 18.4. The molecule has 31 heavy (non-hydrogen) atoms. The molecule has 168 valence electrons. The molecule has 1 heterocycles. The number of fused-ring (bicyclic) bond motifs is 1. The van der Waals surface area contributed by atoms with Crippen LogP contribution in [0.5, 0.6) is 5.75 Å². The van der Waals surface area contributed by atoms with Crippen molar-refractivity contribution < 1.29 is 27.5 Å². The maximum Gasteiger partial charge on any atom is 0.417 e. The van der Waals surface area contributed by atoms with E-state index in [9.17, 15) is 22.8 Å². The predicted molar refractivity (Wildman–Crippen MR) is 113 cm³/mol. The van der Waals surface area contributed by atoms with Crippen LogP contribution in [0.2, 0.25) is 5.02 Å². The highest BCUT2D eigenvalue weighted by Crippen LogP contribution is 2.36. The number of imide groups is 1. The van der Waals surface area contributed by atoms with Crippen molar-refractivity contribution in [1.29, 1.82) is 0 Å². The second-order valence-electron chi connectivity index (χ2n) is 6.74. The van der Waals surface area contributed by atoms with Crippen LogP contribution in [0.15, 0.2) is 36.4 Å². The lowest BCUT2D eigenvalue weighted by atomic mass is 10.1. The van der Waals surface area contributed by atoms with Crippen molar-refractivity contribution in [2.45, 2.75) is 52.8 Å². The maximum absolute atomic E-state index is 13.1. The first-order valence-corrected chi connectivity index (χ1v) is 10.6. The van der Waals surface area contributed by atoms with Crippen molar-refractivity contribution in [3.05, 3.63) is 63.7 Å². The number of hydrogen-bond acceptors (Lipinski definition) is 3. The van der Waals surface area contributed by atoms with E-state index in [1.165, 1.54) is 12.1 Å². The van der Waals surface area contributed by atoms with Crippen molar-refractivity contribution in [2.24, 2.45) is 0 Å². The second-order valence-corrected chi connectivity index (χ2v) is 7.15. The minimum Gasteiger partial charge on any atom is -0.493 e. The van der Waals surface area contributed by atoms with Gasteiger partial charge in [-0.05, 0) is 36.2 Å². The molecule has 0 fully saturated rings. The Labute approximate surface area is 184 Å². The van der Waals surface area contributed by atoms with Gasteiger partial charge in [0.1, 0.15) is 5.75 Å². The Morgan fingerprint density at radius 2 is 1.74 bits per heavy atom. The summed E-state index contributed by atoms with van der Waals surface area (Å²) in [5.41, 5.74) is -0.512. The number of alkyl halides is 3. The van der Waals surface area contributed by atoms with Crippen LogP contribution in [-0.2, 0) is 12.7 Å². The topological polar surface area (TPSA) is 46.6 Å². The average Bonchev–Trinajstić information content (AvgIpc) is 2.98. The molecule has 0 N–H and O–H groups in total. The minimum absolute atomic E-state index is 0.152. The summed E-state index contributed by atoms with van der Waals surface area (Å²) in [7, 11) is 0. The van der Waals surface area contributed by atoms with Gasteiger partial charge in [-0.3, -0.25) is 14.5 Å². The molecule has 0 unspecified atom stereocenters. The Balaban J connectivity index is 0.00000166. The van der Waals surface area contributed by atoms with Gasteiger partial charge in [-0.15, -0.1) is 0 Å². The minimum atomic E-state index is -4.63. The lowest BCUT2D eigenvalue weighted by Gasteiger charge is -2.16. The molecule has 2 aromatic rings. The predicted octanol–water partition coefficient (Wildman–Crippen LogP) is 6.75. The van der Waals surface area contributed by atoms with Crippen molar-refractivity contribution in [1.82, 2.24) is 4.90 Å². The molecule has 0 aliphatic carbocycles. The molecule has 0 spiro atoms. The van der Waals surface area contributed by atoms with Gasteiger partial charge in [0, 0.05) is 0 Å². The van der Waals surface area contributed by atoms with Crippen LogP contribution in [0.3, 0.4) is 0 Å². The van der Waals surface area contributed by atoms with Crippen LogP contribution in [0.4, 0.5) is 13.2 Å². The molecular weight excluding hydrogens is 431 g/mol. The van der Waals surface area contributed by atoms with Crippen molar-refractivity contribution >= 4 is 23.4 Å². The summed E-state index contributed by atoms with van der Waals surface area (Å²) in [4.78, 5) is 26.5. The SMILES string of the molecule is CC.CCCCCOc1cccc2c1C(=O)N(Cc1ccc(Cl)c(C(F)(F)F)c1)C2=O. The standard InChI is InChI=1S/C21H19ClF3NO3.C2H6/c1-2-3-4-10-29-17-7-5-6-14-18(17)20(28)26(19(14)27)12-13-8-9-16(22)15(11-13)21(23,24)25;1-2/h5-9,11H,2-4,10,12H2,1H3;1-2H3. The van der Waals surface area contributed by atoms with Gasteiger partial charge in [0.25, 0.3) is 11.8 Å². The van der Waals surface area contributed by atoms with E-state index >= 15 is 0 Å². The number of carbonyl (C=O) groups excluding carboxylic acids is 2. The highest BCUT2D eigenvalue weighted by molar-refractivity contribution is 6.31. The third-order valence-corrected chi connectivity index (χ3v) is 4.97. The van der Waals surface area contributed by atoms with Gasteiger partial charge in [0.05, 0.1) is 34.9 Å². The lowest BCUT2D eigenvalue weighted by molar-refractivity contribution is -0.137. The Hall–Kier alpha value is -2.54. The summed E-state index contributed by atoms with van der Waals surface area (Å²) in [5.74, 6) is -0.835. The lowest BCUT2D eigenvalue weighted by Crippen LogP contribution is -2.29. The largest absolute Gasteiger partial charge is 0.493 e. The van der Waals surface area contributed by atoms with Crippen molar-refractivity contribution in [3.8, 4) is 5.75 Å². The quantitative estimate of drug-likeness (QED) is 0.342. The van der Waals surface area contributed by atoms with E-state index in [2.05, 4.69) is 6.92 Å². The van der Waals surface area contributed by atoms with Gasteiger partial charge >= 0.3 is 6.18 Å². The molecule has 4 nitrogen and oxygen atoms in total. The van der Waals surface area contributed by atoms with E-state index in [-0.39, 0.29) is 23.2 Å². The molecule has 0 bridgehead atoms. The number of benzene rings is 2. The van der Waals surface area contributed by atoms with Crippen LogP contribution >= 0.6 is 11.6 Å². The van der Waals surface area contributed by atoms with E-state index in [0.29, 0.717) is 12.4 Å². The third kappa shape index (κ3) is 5.58. The Morgan fingerprint density at radius 3 is 2.39 bits per heavy atom. The van der Waals surface area contributed by atoms with E-state index in [1.807, 2.05) is 13.8 Å². The average molecular weight is 456 g/mol. The van der Waals surface area contributed by atoms with Crippen molar-refractivity contribution in [3.63, 3.8) is 0 Å². The molecule has 1 aliphatic heterocycles. The number of unbranched alkanes of at least 4 members (excludes halogenated alkanes) is 2. The zero-order valence-electron chi connectivity index (χ0n) is 17.7. The monoisotopic (exact) mass is 455 g/mol. The van der Waals surface area contributed by atoms with Gasteiger partial charge in [-0.1, -0.05) is 57.3 Å². The molecule has 3 rings (SSSR count). The molecule has 2 aromatic carbocycles. The molecule has 0 atom stereocenters. The fraction of sp³-hybridized carbons (Fsp3) is 0.391. The Morgan fingerprint density at radius 1 is 1.03 bits per heavy atom. The molecule has 2 amide bonds. The van der Waals surface area contributed by atoms with Crippen molar-refractivity contribution in [2.75, 3.05) is 6.61 Å². The highest BCUT2D eigenvalue weighted by Gasteiger charge is 2.39. The van der Waals surface area contributed by atoms with Crippen LogP contribution in [0.25, 0.3) is 0 Å². The van der Waals surface area contributed by atoms with Gasteiger partial charge < -0.3 is 4.74 Å². The van der Waals surface area contributed by atoms with Crippen LogP contribution in [0, 0.1) is 0 Å². The molecule has 1 aliphatic rings. The van der Waals surface area contributed by atoms with E-state index in [4.69, 9.17) is 16.3 Å². The van der Waals surface area contributed by atoms with Gasteiger partial charge in [0.2, 0.25) is 0 Å². The second kappa shape index (κ2) is 10.7. The molecule has 0 saturated heterocycles. The smallest absolute Gasteiger partial charge is 0.417 e. The number of amides is 2. The van der Waals surface area contributed by atoms with Crippen LogP contribution < -0.4 is 4.74 Å². The molecule has 8 heteroatoms. The molecule has 0 saturated carbocycles. The fourth-order valence-corrected chi connectivity index (χ4v) is 3.40. The van der Waals surface area contributed by atoms with Gasteiger partial charge in [-0.25, -0.2) is 0 Å². The van der Waals surface area contributed by atoms with E-state index in [1.54, 1.807) is 12.1 Å². The van der Waals surface area contributed by atoms with Crippen LogP contribution in [-0.4, -0.2) is 23.3 Å². The van der Waals surface area contributed by atoms with Gasteiger partial charge in [0.15, 0.2) is 0 Å². The Bertz CT molecular complexity index is 944. The Kier molecular flexibility index (Phi) is 8.51. The number of halogens is 4. The molecule has 0 aromatic heterocycles. The first kappa shape index (κ1) is 24.7. The summed E-state index contributed by atoms with van der Waals surface area (Å²) < 4.78 is 44.9. The molecule has 0 radical (unpaired) electrons. The molecular formula is C23H25ClF3NO3. The first-order valence-electron chi connectivity index (χ1n) is 10.2. The third-order valence-electron chi connectivity index (χ3n) is 4.64. The van der Waals surface area contributed by atoms with E-state index in [0.717, 1.165) is 36.3 Å².